The van der Waals surface area contributed by atoms with E-state index in [1.54, 1.807) is 26.0 Å². The fourth-order valence-electron chi connectivity index (χ4n) is 1.66. The molecule has 1 aromatic carbocycles. The maximum atomic E-state index is 11.9. The Balaban J connectivity index is 2.63. The zero-order valence-corrected chi connectivity index (χ0v) is 9.95. The maximum Gasteiger partial charge on any atom is 0.209 e. The van der Waals surface area contributed by atoms with Gasteiger partial charge >= 0.3 is 0 Å². The highest BCUT2D eigenvalue weighted by atomic mass is 35.5. The van der Waals surface area contributed by atoms with Gasteiger partial charge in [-0.2, -0.15) is 0 Å². The largest absolute Gasteiger partial charge is 0.479 e. The Morgan fingerprint density at radius 1 is 1.40 bits per heavy atom. The minimum absolute atomic E-state index is 0.0497. The zero-order chi connectivity index (χ0) is 11.2. The van der Waals surface area contributed by atoms with Gasteiger partial charge in [-0.15, -0.1) is 11.6 Å². The molecule has 0 fully saturated rings. The number of Topliss-reactive ketones (excluding diaryl/α,β-unsaturated/α-hetero) is 1. The van der Waals surface area contributed by atoms with Crippen molar-refractivity contribution >= 4 is 29.0 Å². The lowest BCUT2D eigenvalue weighted by Gasteiger charge is -2.16. The van der Waals surface area contributed by atoms with Crippen LogP contribution in [0.25, 0.3) is 0 Å². The van der Waals surface area contributed by atoms with Gasteiger partial charge < -0.3 is 4.74 Å². The van der Waals surface area contributed by atoms with E-state index in [2.05, 4.69) is 0 Å². The number of benzene rings is 1. The van der Waals surface area contributed by atoms with Crippen molar-refractivity contribution in [2.24, 2.45) is 0 Å². The number of hydrogen-bond donors (Lipinski definition) is 0. The molecule has 4 heteroatoms. The molecule has 0 bridgehead atoms. The first-order chi connectivity index (χ1) is 6.95. The standard InChI is InChI=1S/C11H10Cl2O2/c1-11(2)10(14)8-4-7(13)3-6(5-12)9(8)15-11/h3-4H,5H2,1-2H3. The quantitative estimate of drug-likeness (QED) is 0.708. The third-order valence-corrected chi connectivity index (χ3v) is 2.93. The van der Waals surface area contributed by atoms with Gasteiger partial charge in [-0.25, -0.2) is 0 Å². The van der Waals surface area contributed by atoms with Gasteiger partial charge in [0.1, 0.15) is 5.75 Å². The van der Waals surface area contributed by atoms with Crippen molar-refractivity contribution in [1.29, 1.82) is 0 Å². The van der Waals surface area contributed by atoms with Gasteiger partial charge in [-0.05, 0) is 26.0 Å². The molecule has 2 rings (SSSR count). The first-order valence-electron chi connectivity index (χ1n) is 4.58. The van der Waals surface area contributed by atoms with Gasteiger partial charge in [0.2, 0.25) is 5.78 Å². The number of ketones is 1. The number of rotatable bonds is 1. The summed E-state index contributed by atoms with van der Waals surface area (Å²) in [5, 5.41) is 0.513. The van der Waals surface area contributed by atoms with Crippen LogP contribution in [0.15, 0.2) is 12.1 Å². The fraction of sp³-hybridized carbons (Fsp3) is 0.364. The van der Waals surface area contributed by atoms with E-state index < -0.39 is 5.60 Å². The van der Waals surface area contributed by atoms with Crippen LogP contribution in [-0.4, -0.2) is 11.4 Å². The fourth-order valence-corrected chi connectivity index (χ4v) is 2.10. The Morgan fingerprint density at radius 3 is 2.67 bits per heavy atom. The summed E-state index contributed by atoms with van der Waals surface area (Å²) in [6, 6.07) is 3.35. The Morgan fingerprint density at radius 2 is 2.07 bits per heavy atom. The van der Waals surface area contributed by atoms with Gasteiger partial charge in [-0.1, -0.05) is 11.6 Å². The molecule has 0 saturated carbocycles. The summed E-state index contributed by atoms with van der Waals surface area (Å²) in [6.45, 7) is 3.47. The monoisotopic (exact) mass is 244 g/mol. The number of halogens is 2. The highest BCUT2D eigenvalue weighted by Crippen LogP contribution is 2.39. The van der Waals surface area contributed by atoms with Gasteiger partial charge in [-0.3, -0.25) is 4.79 Å². The number of ether oxygens (including phenoxy) is 1. The van der Waals surface area contributed by atoms with E-state index in [1.165, 1.54) is 0 Å². The lowest BCUT2D eigenvalue weighted by Crippen LogP contribution is -2.32. The summed E-state index contributed by atoms with van der Waals surface area (Å²) in [7, 11) is 0. The highest BCUT2D eigenvalue weighted by molar-refractivity contribution is 6.31. The second-order valence-corrected chi connectivity index (χ2v) is 4.72. The first-order valence-corrected chi connectivity index (χ1v) is 5.49. The van der Waals surface area contributed by atoms with E-state index in [9.17, 15) is 4.79 Å². The SMILES string of the molecule is CC1(C)Oc2c(CCl)cc(Cl)cc2C1=O. The molecule has 0 saturated heterocycles. The smallest absolute Gasteiger partial charge is 0.209 e. The Bertz CT molecular complexity index is 438. The minimum Gasteiger partial charge on any atom is -0.479 e. The average molecular weight is 245 g/mol. The van der Waals surface area contributed by atoms with Gasteiger partial charge in [0.05, 0.1) is 11.4 Å². The van der Waals surface area contributed by atoms with Crippen molar-refractivity contribution < 1.29 is 9.53 Å². The third kappa shape index (κ3) is 1.62. The Hall–Kier alpha value is -0.730. The zero-order valence-electron chi connectivity index (χ0n) is 8.43. The van der Waals surface area contributed by atoms with E-state index in [4.69, 9.17) is 27.9 Å². The summed E-state index contributed by atoms with van der Waals surface area (Å²) in [5.41, 5.74) is 0.481. The van der Waals surface area contributed by atoms with Crippen LogP contribution in [0.4, 0.5) is 0 Å². The maximum absolute atomic E-state index is 11.9. The van der Waals surface area contributed by atoms with Crippen LogP contribution in [-0.2, 0) is 5.88 Å². The molecular weight excluding hydrogens is 235 g/mol. The predicted molar refractivity (Wildman–Crippen MR) is 60.0 cm³/mol. The summed E-state index contributed by atoms with van der Waals surface area (Å²) >= 11 is 11.7. The number of hydrogen-bond acceptors (Lipinski definition) is 2. The van der Waals surface area contributed by atoms with Crippen molar-refractivity contribution in [3.8, 4) is 5.75 Å². The van der Waals surface area contributed by atoms with Crippen molar-refractivity contribution in [3.63, 3.8) is 0 Å². The molecule has 0 unspecified atom stereocenters. The van der Waals surface area contributed by atoms with E-state index in [0.29, 0.717) is 16.3 Å². The molecular formula is C11H10Cl2O2. The molecule has 1 heterocycles. The normalized spacial score (nSPS) is 17.5. The number of carbonyl (C=O) groups is 1. The third-order valence-electron chi connectivity index (χ3n) is 2.42. The molecule has 0 aliphatic carbocycles. The van der Waals surface area contributed by atoms with Gasteiger partial charge in [0.25, 0.3) is 0 Å². The minimum atomic E-state index is -0.812. The first kappa shape index (κ1) is 10.8. The van der Waals surface area contributed by atoms with Crippen LogP contribution in [0.5, 0.6) is 5.75 Å². The molecule has 0 atom stereocenters. The van der Waals surface area contributed by atoms with Crippen LogP contribution in [0.1, 0.15) is 29.8 Å². The molecule has 15 heavy (non-hydrogen) atoms. The van der Waals surface area contributed by atoms with E-state index in [0.717, 1.165) is 5.56 Å². The topological polar surface area (TPSA) is 26.3 Å². The van der Waals surface area contributed by atoms with Crippen LogP contribution in [0.2, 0.25) is 5.02 Å². The van der Waals surface area contributed by atoms with Crippen molar-refractivity contribution in [3.05, 3.63) is 28.3 Å². The van der Waals surface area contributed by atoms with Crippen molar-refractivity contribution in [1.82, 2.24) is 0 Å². The lowest BCUT2D eigenvalue weighted by atomic mass is 9.99. The van der Waals surface area contributed by atoms with Crippen LogP contribution < -0.4 is 4.74 Å². The summed E-state index contributed by atoms with van der Waals surface area (Å²) in [4.78, 5) is 11.9. The van der Waals surface area contributed by atoms with Crippen LogP contribution >= 0.6 is 23.2 Å². The summed E-state index contributed by atoms with van der Waals surface area (Å²) in [5.74, 6) is 0.808. The second kappa shape index (κ2) is 3.39. The molecule has 0 radical (unpaired) electrons. The van der Waals surface area contributed by atoms with E-state index in [-0.39, 0.29) is 11.7 Å². The number of alkyl halides is 1. The molecule has 1 aromatic rings. The molecule has 0 spiro atoms. The van der Waals surface area contributed by atoms with Crippen molar-refractivity contribution in [2.45, 2.75) is 25.3 Å². The Kier molecular flexibility index (Phi) is 2.44. The molecule has 0 amide bonds. The molecule has 1 aliphatic heterocycles. The molecule has 0 aromatic heterocycles. The predicted octanol–water partition coefficient (Wildman–Crippen LogP) is 3.43. The van der Waals surface area contributed by atoms with Crippen LogP contribution in [0, 0.1) is 0 Å². The van der Waals surface area contributed by atoms with E-state index >= 15 is 0 Å². The number of fused-ring (bicyclic) bond motifs is 1. The van der Waals surface area contributed by atoms with Crippen molar-refractivity contribution in [2.75, 3.05) is 0 Å². The lowest BCUT2D eigenvalue weighted by molar-refractivity contribution is 0.0683. The average Bonchev–Trinajstić information content (AvgIpc) is 2.39. The molecule has 0 N–H and O–H groups in total. The molecule has 1 aliphatic rings. The van der Waals surface area contributed by atoms with Crippen LogP contribution in [0.3, 0.4) is 0 Å². The summed E-state index contributed by atoms with van der Waals surface area (Å²) in [6.07, 6.45) is 0. The summed E-state index contributed by atoms with van der Waals surface area (Å²) < 4.78 is 5.59. The van der Waals surface area contributed by atoms with Gasteiger partial charge in [0.15, 0.2) is 5.60 Å². The van der Waals surface area contributed by atoms with Gasteiger partial charge in [0, 0.05) is 10.6 Å². The van der Waals surface area contributed by atoms with E-state index in [1.807, 2.05) is 0 Å². The Labute approximate surface area is 98.1 Å². The molecule has 80 valence electrons. The molecule has 2 nitrogen and oxygen atoms in total. The number of carbonyl (C=O) groups excluding carboxylic acids is 1. The highest BCUT2D eigenvalue weighted by Gasteiger charge is 2.41. The second-order valence-electron chi connectivity index (χ2n) is 4.02.